The predicted molar refractivity (Wildman–Crippen MR) is 123 cm³/mol. The molecular weight excluding hydrogens is 455 g/mol. The van der Waals surface area contributed by atoms with Crippen molar-refractivity contribution in [3.05, 3.63) is 82.3 Å². The summed E-state index contributed by atoms with van der Waals surface area (Å²) in [6.45, 7) is 1.70. The van der Waals surface area contributed by atoms with Gasteiger partial charge in [0.1, 0.15) is 5.82 Å². The zero-order chi connectivity index (χ0) is 24.2. The van der Waals surface area contributed by atoms with Crippen LogP contribution in [0.25, 0.3) is 17.0 Å². The molecule has 3 aromatic rings. The number of rotatable bonds is 5. The van der Waals surface area contributed by atoms with Gasteiger partial charge in [-0.05, 0) is 25.1 Å². The molecule has 170 valence electrons. The molecular formula is C23H19ClF3N5O. The molecule has 0 radical (unpaired) electrons. The number of nitrogens with two attached hydrogens (primary N) is 1. The number of nitrogens with zero attached hydrogens (tertiary/aromatic N) is 3. The Morgan fingerprint density at radius 3 is 2.52 bits per heavy atom. The number of hydrogen-bond acceptors (Lipinski definition) is 5. The molecule has 0 aliphatic heterocycles. The first kappa shape index (κ1) is 23.9. The van der Waals surface area contributed by atoms with Crippen LogP contribution in [-0.4, -0.2) is 29.1 Å². The Hall–Kier alpha value is -3.72. The van der Waals surface area contributed by atoms with Crippen molar-refractivity contribution >= 4 is 35.1 Å². The molecule has 10 heteroatoms. The van der Waals surface area contributed by atoms with Crippen LogP contribution in [0.2, 0.25) is 5.02 Å². The van der Waals surface area contributed by atoms with Gasteiger partial charge in [0.25, 0.3) is 5.91 Å². The normalized spacial score (nSPS) is 12.2. The number of halogens is 4. The van der Waals surface area contributed by atoms with E-state index in [0.717, 1.165) is 11.6 Å². The number of aliphatic imine (C=N–C) groups is 1. The van der Waals surface area contributed by atoms with Crippen molar-refractivity contribution in [3.8, 4) is 11.3 Å². The van der Waals surface area contributed by atoms with Gasteiger partial charge in [-0.15, -0.1) is 0 Å². The molecule has 3 N–H and O–H groups in total. The number of alkyl halides is 3. The van der Waals surface area contributed by atoms with Crippen LogP contribution in [-0.2, 0) is 6.18 Å². The SMILES string of the molecule is CN=CC=C(N)c1cc(C(=O)Nc2cnc(C)nc2-c2ccccc2)c(Cl)cc1C(F)(F)F. The molecule has 0 saturated carbocycles. The molecule has 0 aliphatic rings. The van der Waals surface area contributed by atoms with Gasteiger partial charge < -0.3 is 11.1 Å². The summed E-state index contributed by atoms with van der Waals surface area (Å²) in [6, 6.07) is 10.8. The monoisotopic (exact) mass is 473 g/mol. The minimum atomic E-state index is -4.74. The lowest BCUT2D eigenvalue weighted by Gasteiger charge is -2.17. The molecule has 1 amide bonds. The van der Waals surface area contributed by atoms with Crippen LogP contribution in [0, 0.1) is 6.92 Å². The number of carbonyl (C=O) groups is 1. The quantitative estimate of drug-likeness (QED) is 0.487. The zero-order valence-electron chi connectivity index (χ0n) is 17.6. The van der Waals surface area contributed by atoms with Crippen molar-refractivity contribution in [2.24, 2.45) is 10.7 Å². The van der Waals surface area contributed by atoms with E-state index in [4.69, 9.17) is 17.3 Å². The highest BCUT2D eigenvalue weighted by molar-refractivity contribution is 6.34. The van der Waals surface area contributed by atoms with Crippen LogP contribution < -0.4 is 11.1 Å². The summed E-state index contributed by atoms with van der Waals surface area (Å²) in [4.78, 5) is 25.2. The van der Waals surface area contributed by atoms with Crippen LogP contribution >= 0.6 is 11.6 Å². The van der Waals surface area contributed by atoms with Crippen LogP contribution in [0.3, 0.4) is 0 Å². The molecule has 0 fully saturated rings. The topological polar surface area (TPSA) is 93.3 Å². The summed E-state index contributed by atoms with van der Waals surface area (Å²) in [5.74, 6) is -0.256. The van der Waals surface area contributed by atoms with Gasteiger partial charge in [0.2, 0.25) is 0 Å². The Balaban J connectivity index is 2.07. The van der Waals surface area contributed by atoms with E-state index in [1.54, 1.807) is 19.1 Å². The number of allylic oxidation sites excluding steroid dienone is 1. The third kappa shape index (κ3) is 5.56. The van der Waals surface area contributed by atoms with Gasteiger partial charge in [-0.3, -0.25) is 9.79 Å². The highest BCUT2D eigenvalue weighted by Crippen LogP contribution is 2.37. The van der Waals surface area contributed by atoms with E-state index in [0.29, 0.717) is 17.6 Å². The van der Waals surface area contributed by atoms with E-state index in [1.165, 1.54) is 25.5 Å². The number of amides is 1. The van der Waals surface area contributed by atoms with E-state index in [1.807, 2.05) is 18.2 Å². The molecule has 3 rings (SSSR count). The summed E-state index contributed by atoms with van der Waals surface area (Å²) in [7, 11) is 1.45. The number of carbonyl (C=O) groups excluding carboxylic acids is 1. The Morgan fingerprint density at radius 2 is 1.88 bits per heavy atom. The molecule has 0 bridgehead atoms. The molecule has 0 atom stereocenters. The molecule has 6 nitrogen and oxygen atoms in total. The number of aromatic nitrogens is 2. The van der Waals surface area contributed by atoms with Crippen molar-refractivity contribution in [3.63, 3.8) is 0 Å². The molecule has 1 heterocycles. The summed E-state index contributed by atoms with van der Waals surface area (Å²) in [5, 5.41) is 2.26. The molecule has 0 saturated heterocycles. The van der Waals surface area contributed by atoms with Crippen molar-refractivity contribution in [2.75, 3.05) is 12.4 Å². The third-order valence-electron chi connectivity index (χ3n) is 4.58. The first-order valence-corrected chi connectivity index (χ1v) is 9.99. The lowest BCUT2D eigenvalue weighted by Crippen LogP contribution is -2.18. The van der Waals surface area contributed by atoms with Gasteiger partial charge in [-0.1, -0.05) is 41.9 Å². The average molecular weight is 474 g/mol. The summed E-state index contributed by atoms with van der Waals surface area (Å²) >= 11 is 6.08. The minimum Gasteiger partial charge on any atom is -0.398 e. The number of aryl methyl sites for hydroxylation is 1. The summed E-state index contributed by atoms with van der Waals surface area (Å²) in [6.07, 6.45) is -0.852. The third-order valence-corrected chi connectivity index (χ3v) is 4.89. The van der Waals surface area contributed by atoms with Crippen LogP contribution in [0.1, 0.15) is 27.3 Å². The van der Waals surface area contributed by atoms with Crippen molar-refractivity contribution in [1.82, 2.24) is 9.97 Å². The van der Waals surface area contributed by atoms with Crippen LogP contribution in [0.4, 0.5) is 18.9 Å². The fraction of sp³-hybridized carbons (Fsp3) is 0.130. The first-order valence-electron chi connectivity index (χ1n) is 9.61. The Bertz CT molecular complexity index is 1240. The van der Waals surface area contributed by atoms with E-state index in [2.05, 4.69) is 20.3 Å². The fourth-order valence-corrected chi connectivity index (χ4v) is 3.28. The maximum absolute atomic E-state index is 13.6. The fourth-order valence-electron chi connectivity index (χ4n) is 3.03. The van der Waals surface area contributed by atoms with Crippen molar-refractivity contribution in [1.29, 1.82) is 0 Å². The molecule has 1 aromatic heterocycles. The lowest BCUT2D eigenvalue weighted by atomic mass is 10.00. The van der Waals surface area contributed by atoms with Crippen molar-refractivity contribution in [2.45, 2.75) is 13.1 Å². The number of anilines is 1. The van der Waals surface area contributed by atoms with Crippen molar-refractivity contribution < 1.29 is 18.0 Å². The van der Waals surface area contributed by atoms with Gasteiger partial charge in [-0.2, -0.15) is 13.2 Å². The molecule has 2 aromatic carbocycles. The second-order valence-electron chi connectivity index (χ2n) is 6.90. The second-order valence-corrected chi connectivity index (χ2v) is 7.31. The first-order chi connectivity index (χ1) is 15.6. The Labute approximate surface area is 193 Å². The second kappa shape index (κ2) is 9.83. The molecule has 0 unspecified atom stereocenters. The maximum Gasteiger partial charge on any atom is 0.417 e. The number of nitrogens with one attached hydrogen (secondary N) is 1. The predicted octanol–water partition coefficient (Wildman–Crippen LogP) is 5.38. The zero-order valence-corrected chi connectivity index (χ0v) is 18.4. The Kier molecular flexibility index (Phi) is 7.13. The standard InChI is InChI=1S/C23H19ClF3N5O/c1-13-30-12-20(21(31-13)14-6-4-3-5-7-14)32-22(33)16-10-15(19(28)8-9-29-2)17(11-18(16)24)23(25,26)27/h3-12H,28H2,1-2H3,(H,32,33). The van der Waals surface area contributed by atoms with Gasteiger partial charge >= 0.3 is 6.18 Å². The van der Waals surface area contributed by atoms with E-state index >= 15 is 0 Å². The largest absolute Gasteiger partial charge is 0.417 e. The average Bonchev–Trinajstić information content (AvgIpc) is 2.78. The number of hydrogen-bond donors (Lipinski definition) is 2. The molecule has 0 spiro atoms. The Morgan fingerprint density at radius 1 is 1.18 bits per heavy atom. The smallest absolute Gasteiger partial charge is 0.398 e. The maximum atomic E-state index is 13.6. The minimum absolute atomic E-state index is 0.191. The van der Waals surface area contributed by atoms with E-state index < -0.39 is 17.6 Å². The van der Waals surface area contributed by atoms with E-state index in [-0.39, 0.29) is 27.5 Å². The van der Waals surface area contributed by atoms with E-state index in [9.17, 15) is 18.0 Å². The van der Waals surface area contributed by atoms with Gasteiger partial charge in [0.05, 0.1) is 33.7 Å². The number of benzene rings is 2. The van der Waals surface area contributed by atoms with Crippen LogP contribution in [0.5, 0.6) is 0 Å². The highest BCUT2D eigenvalue weighted by Gasteiger charge is 2.35. The highest BCUT2D eigenvalue weighted by atomic mass is 35.5. The van der Waals surface area contributed by atoms with Crippen LogP contribution in [0.15, 0.2) is 59.7 Å². The van der Waals surface area contributed by atoms with Gasteiger partial charge in [0.15, 0.2) is 0 Å². The molecule has 33 heavy (non-hydrogen) atoms. The van der Waals surface area contributed by atoms with Gasteiger partial charge in [-0.25, -0.2) is 9.97 Å². The molecule has 0 aliphatic carbocycles. The summed E-state index contributed by atoms with van der Waals surface area (Å²) < 4.78 is 40.7. The lowest BCUT2D eigenvalue weighted by molar-refractivity contribution is -0.137. The summed E-state index contributed by atoms with van der Waals surface area (Å²) in [5.41, 5.74) is 5.44. The van der Waals surface area contributed by atoms with Gasteiger partial charge in [0, 0.05) is 30.1 Å².